The highest BCUT2D eigenvalue weighted by atomic mass is 32.2. The molecule has 22 heavy (non-hydrogen) atoms. The first-order chi connectivity index (χ1) is 10.4. The average Bonchev–Trinajstić information content (AvgIpc) is 2.53. The van der Waals surface area contributed by atoms with Crippen LogP contribution < -0.4 is 9.88 Å². The lowest BCUT2D eigenvalue weighted by atomic mass is 10.0. The highest BCUT2D eigenvalue weighted by molar-refractivity contribution is 7.86. The molecule has 2 heterocycles. The van der Waals surface area contributed by atoms with E-state index in [2.05, 4.69) is 0 Å². The minimum absolute atomic E-state index is 0.0800. The van der Waals surface area contributed by atoms with Crippen molar-refractivity contribution in [3.8, 4) is 5.75 Å². The summed E-state index contributed by atoms with van der Waals surface area (Å²) >= 11 is 0. The smallest absolute Gasteiger partial charge is 0.277 e. The predicted octanol–water partition coefficient (Wildman–Crippen LogP) is -0.272. The van der Waals surface area contributed by atoms with Gasteiger partial charge in [0.25, 0.3) is 16.1 Å². The molecule has 3 rings (SSSR count). The summed E-state index contributed by atoms with van der Waals surface area (Å²) < 4.78 is 29.5. The number of para-hydroxylation sites is 1. The number of hydrogen-bond donors (Lipinski definition) is 1. The molecule has 1 aromatic rings. The van der Waals surface area contributed by atoms with Gasteiger partial charge in [-0.3, -0.25) is 4.79 Å². The van der Waals surface area contributed by atoms with Gasteiger partial charge < -0.3 is 9.64 Å². The molecule has 1 unspecified atom stereocenters. The van der Waals surface area contributed by atoms with Crippen LogP contribution in [0.15, 0.2) is 24.3 Å². The molecule has 1 fully saturated rings. The average molecular weight is 325 g/mol. The first-order valence-corrected chi connectivity index (χ1v) is 8.77. The standard InChI is InChI=1S/C14H19N3O4S/c15-22(19,20)17-9-7-16(8-10-17)14(18)13-6-5-11-3-1-2-4-12(11)21-13/h1-4,13H,5-10H2,(H2,15,19,20). The summed E-state index contributed by atoms with van der Waals surface area (Å²) in [5.74, 6) is 0.679. The predicted molar refractivity (Wildman–Crippen MR) is 80.4 cm³/mol. The fraction of sp³-hybridized carbons (Fsp3) is 0.500. The Bertz CT molecular complexity index is 668. The topological polar surface area (TPSA) is 92.9 Å². The van der Waals surface area contributed by atoms with Gasteiger partial charge in [-0.25, -0.2) is 5.14 Å². The number of rotatable bonds is 2. The van der Waals surface area contributed by atoms with Gasteiger partial charge in [0.15, 0.2) is 6.10 Å². The number of amides is 1. The van der Waals surface area contributed by atoms with E-state index in [0.717, 1.165) is 17.7 Å². The first kappa shape index (κ1) is 15.3. The number of piperazine rings is 1. The number of nitrogens with zero attached hydrogens (tertiary/aromatic N) is 2. The number of ether oxygens (including phenoxy) is 1. The van der Waals surface area contributed by atoms with Gasteiger partial charge in [-0.1, -0.05) is 18.2 Å². The van der Waals surface area contributed by atoms with E-state index in [1.807, 2.05) is 24.3 Å². The largest absolute Gasteiger partial charge is 0.480 e. The molecule has 0 saturated carbocycles. The van der Waals surface area contributed by atoms with Gasteiger partial charge in [0.1, 0.15) is 5.75 Å². The quantitative estimate of drug-likeness (QED) is 0.810. The van der Waals surface area contributed by atoms with Gasteiger partial charge in [0.05, 0.1) is 0 Å². The Kier molecular flexibility index (Phi) is 4.07. The molecular formula is C14H19N3O4S. The molecule has 7 nitrogen and oxygen atoms in total. The monoisotopic (exact) mass is 325 g/mol. The number of benzene rings is 1. The van der Waals surface area contributed by atoms with Crippen LogP contribution in [0.4, 0.5) is 0 Å². The van der Waals surface area contributed by atoms with E-state index in [9.17, 15) is 13.2 Å². The van der Waals surface area contributed by atoms with Crippen molar-refractivity contribution < 1.29 is 17.9 Å². The summed E-state index contributed by atoms with van der Waals surface area (Å²) in [5, 5.41) is 5.10. The summed E-state index contributed by atoms with van der Waals surface area (Å²) in [5.41, 5.74) is 1.12. The van der Waals surface area contributed by atoms with Crippen molar-refractivity contribution in [1.29, 1.82) is 0 Å². The van der Waals surface area contributed by atoms with Crippen LogP contribution in [0.25, 0.3) is 0 Å². The Morgan fingerprint density at radius 2 is 1.86 bits per heavy atom. The first-order valence-electron chi connectivity index (χ1n) is 7.26. The molecule has 1 saturated heterocycles. The minimum Gasteiger partial charge on any atom is -0.480 e. The van der Waals surface area contributed by atoms with Gasteiger partial charge in [0.2, 0.25) is 0 Å². The van der Waals surface area contributed by atoms with E-state index >= 15 is 0 Å². The van der Waals surface area contributed by atoms with Crippen molar-refractivity contribution in [2.45, 2.75) is 18.9 Å². The fourth-order valence-corrected chi connectivity index (χ4v) is 3.54. The van der Waals surface area contributed by atoms with Gasteiger partial charge in [0, 0.05) is 26.2 Å². The van der Waals surface area contributed by atoms with Crippen molar-refractivity contribution in [1.82, 2.24) is 9.21 Å². The number of carbonyl (C=O) groups excluding carboxylic acids is 1. The van der Waals surface area contributed by atoms with Crippen molar-refractivity contribution in [2.75, 3.05) is 26.2 Å². The number of carbonyl (C=O) groups is 1. The maximum absolute atomic E-state index is 12.5. The highest BCUT2D eigenvalue weighted by Crippen LogP contribution is 2.28. The Morgan fingerprint density at radius 1 is 1.18 bits per heavy atom. The Hall–Kier alpha value is -1.64. The number of aryl methyl sites for hydroxylation is 1. The molecule has 1 atom stereocenters. The van der Waals surface area contributed by atoms with Crippen molar-refractivity contribution in [3.05, 3.63) is 29.8 Å². The molecule has 0 radical (unpaired) electrons. The molecular weight excluding hydrogens is 306 g/mol. The molecule has 0 bridgehead atoms. The lowest BCUT2D eigenvalue weighted by Crippen LogP contribution is -2.55. The van der Waals surface area contributed by atoms with E-state index < -0.39 is 16.3 Å². The normalized spacial score (nSPS) is 22.8. The zero-order valence-electron chi connectivity index (χ0n) is 12.1. The SMILES string of the molecule is NS(=O)(=O)N1CCN(C(=O)C2CCc3ccccc3O2)CC1. The third kappa shape index (κ3) is 3.08. The second-order valence-corrected chi connectivity index (χ2v) is 7.07. The van der Waals surface area contributed by atoms with E-state index in [1.54, 1.807) is 4.90 Å². The second-order valence-electron chi connectivity index (χ2n) is 5.52. The molecule has 1 aromatic carbocycles. The summed E-state index contributed by atoms with van der Waals surface area (Å²) in [6.07, 6.45) is 0.963. The zero-order valence-corrected chi connectivity index (χ0v) is 13.0. The van der Waals surface area contributed by atoms with Crippen LogP contribution in [-0.2, 0) is 21.4 Å². The molecule has 0 aliphatic carbocycles. The van der Waals surface area contributed by atoms with Crippen molar-refractivity contribution >= 4 is 16.1 Å². The maximum atomic E-state index is 12.5. The number of fused-ring (bicyclic) bond motifs is 1. The number of hydrogen-bond acceptors (Lipinski definition) is 4. The summed E-state index contributed by atoms with van der Waals surface area (Å²) in [6.45, 7) is 1.15. The number of nitrogens with two attached hydrogens (primary N) is 1. The van der Waals surface area contributed by atoms with Crippen LogP contribution in [0.5, 0.6) is 5.75 Å². The van der Waals surface area contributed by atoms with Crippen LogP contribution >= 0.6 is 0 Å². The second kappa shape index (κ2) is 5.86. The van der Waals surface area contributed by atoms with Crippen LogP contribution in [0, 0.1) is 0 Å². The summed E-state index contributed by atoms with van der Waals surface area (Å²) in [4.78, 5) is 14.2. The zero-order chi connectivity index (χ0) is 15.7. The van der Waals surface area contributed by atoms with E-state index in [1.165, 1.54) is 4.31 Å². The highest BCUT2D eigenvalue weighted by Gasteiger charge is 2.33. The third-order valence-electron chi connectivity index (χ3n) is 4.10. The van der Waals surface area contributed by atoms with Crippen molar-refractivity contribution in [2.24, 2.45) is 5.14 Å². The van der Waals surface area contributed by atoms with Gasteiger partial charge >= 0.3 is 0 Å². The Labute approximate surface area is 129 Å². The fourth-order valence-electron chi connectivity index (χ4n) is 2.86. The van der Waals surface area contributed by atoms with Crippen LogP contribution in [-0.4, -0.2) is 55.8 Å². The molecule has 0 aromatic heterocycles. The van der Waals surface area contributed by atoms with Gasteiger partial charge in [-0.15, -0.1) is 0 Å². The van der Waals surface area contributed by atoms with Crippen molar-refractivity contribution in [3.63, 3.8) is 0 Å². The molecule has 2 aliphatic heterocycles. The molecule has 2 N–H and O–H groups in total. The van der Waals surface area contributed by atoms with Gasteiger partial charge in [-0.2, -0.15) is 12.7 Å². The molecule has 8 heteroatoms. The molecule has 0 spiro atoms. The van der Waals surface area contributed by atoms with E-state index in [0.29, 0.717) is 19.5 Å². The van der Waals surface area contributed by atoms with Crippen LogP contribution in [0.2, 0.25) is 0 Å². The minimum atomic E-state index is -3.68. The third-order valence-corrected chi connectivity index (χ3v) is 5.19. The Balaban J connectivity index is 1.62. The molecule has 1 amide bonds. The van der Waals surface area contributed by atoms with Crippen LogP contribution in [0.3, 0.4) is 0 Å². The van der Waals surface area contributed by atoms with Crippen LogP contribution in [0.1, 0.15) is 12.0 Å². The lowest BCUT2D eigenvalue weighted by Gasteiger charge is -2.36. The summed E-state index contributed by atoms with van der Waals surface area (Å²) in [6, 6.07) is 7.71. The molecule has 2 aliphatic rings. The molecule has 120 valence electrons. The van der Waals surface area contributed by atoms with E-state index in [4.69, 9.17) is 9.88 Å². The lowest BCUT2D eigenvalue weighted by molar-refractivity contribution is -0.140. The Morgan fingerprint density at radius 3 is 2.55 bits per heavy atom. The maximum Gasteiger partial charge on any atom is 0.277 e. The van der Waals surface area contributed by atoms with Gasteiger partial charge in [-0.05, 0) is 24.5 Å². The van der Waals surface area contributed by atoms with E-state index in [-0.39, 0.29) is 19.0 Å². The summed E-state index contributed by atoms with van der Waals surface area (Å²) in [7, 11) is -3.68.